The number of Topliss-reactive ketones (excluding diaryl/α,β-unsaturated/α-hetero) is 1. The van der Waals surface area contributed by atoms with Crippen molar-refractivity contribution in [3.8, 4) is 5.75 Å². The monoisotopic (exact) mass is 358 g/mol. The molecule has 3 atom stereocenters. The summed E-state index contributed by atoms with van der Waals surface area (Å²) in [6.45, 7) is 6.31. The number of aromatic hydroxyl groups is 1. The minimum absolute atomic E-state index is 0.00246. The molecule has 0 radical (unpaired) electrons. The third kappa shape index (κ3) is 3.68. The van der Waals surface area contributed by atoms with Gasteiger partial charge >= 0.3 is 5.63 Å². The number of hydrogen-bond donors (Lipinski definition) is 1. The predicted molar refractivity (Wildman–Crippen MR) is 99.6 cm³/mol. The van der Waals surface area contributed by atoms with E-state index in [-0.39, 0.29) is 29.6 Å². The van der Waals surface area contributed by atoms with Crippen molar-refractivity contribution in [3.05, 3.63) is 40.2 Å². The van der Waals surface area contributed by atoms with Gasteiger partial charge in [0.05, 0.1) is 11.5 Å². The van der Waals surface area contributed by atoms with E-state index in [1.165, 1.54) is 6.42 Å². The fraction of sp³-hybridized carbons (Fsp3) is 0.524. The molecule has 5 heteroatoms. The Morgan fingerprint density at radius 2 is 2.04 bits per heavy atom. The molecule has 0 spiro atoms. The lowest BCUT2D eigenvalue weighted by Crippen LogP contribution is -2.36. The SMILES string of the molecule is CC(C)[C@H]1CC[C@H](C)CC1OCC(=O)c1c(O)c2ccccc2oc1=O. The molecule has 0 saturated heterocycles. The zero-order chi connectivity index (χ0) is 18.8. The second-order valence-corrected chi connectivity index (χ2v) is 7.71. The largest absolute Gasteiger partial charge is 0.506 e. The van der Waals surface area contributed by atoms with Gasteiger partial charge in [-0.25, -0.2) is 4.79 Å². The Balaban J connectivity index is 1.80. The summed E-state index contributed by atoms with van der Waals surface area (Å²) in [5.74, 6) is 0.567. The van der Waals surface area contributed by atoms with Gasteiger partial charge in [0.25, 0.3) is 0 Å². The molecule has 1 aliphatic carbocycles. The minimum Gasteiger partial charge on any atom is -0.506 e. The number of fused-ring (bicyclic) bond motifs is 1. The first-order valence-electron chi connectivity index (χ1n) is 9.28. The van der Waals surface area contributed by atoms with Gasteiger partial charge in [0.1, 0.15) is 23.5 Å². The molecule has 2 aromatic rings. The van der Waals surface area contributed by atoms with Crippen LogP contribution in [0.4, 0.5) is 0 Å². The topological polar surface area (TPSA) is 76.7 Å². The number of hydrogen-bond acceptors (Lipinski definition) is 5. The van der Waals surface area contributed by atoms with Crippen LogP contribution >= 0.6 is 0 Å². The van der Waals surface area contributed by atoms with Crippen LogP contribution in [0.2, 0.25) is 0 Å². The highest BCUT2D eigenvalue weighted by molar-refractivity contribution is 6.03. The highest BCUT2D eigenvalue weighted by Crippen LogP contribution is 2.35. The summed E-state index contributed by atoms with van der Waals surface area (Å²) in [6.07, 6.45) is 3.17. The number of benzene rings is 1. The van der Waals surface area contributed by atoms with Crippen LogP contribution in [-0.4, -0.2) is 23.6 Å². The molecule has 1 unspecified atom stereocenters. The molecule has 1 N–H and O–H groups in total. The van der Waals surface area contributed by atoms with E-state index < -0.39 is 11.4 Å². The lowest BCUT2D eigenvalue weighted by atomic mass is 9.75. The van der Waals surface area contributed by atoms with Gasteiger partial charge in [-0.2, -0.15) is 0 Å². The van der Waals surface area contributed by atoms with Gasteiger partial charge < -0.3 is 14.3 Å². The van der Waals surface area contributed by atoms with Gasteiger partial charge in [0.2, 0.25) is 0 Å². The quantitative estimate of drug-likeness (QED) is 0.641. The predicted octanol–water partition coefficient (Wildman–Crippen LogP) is 4.16. The number of ketones is 1. The van der Waals surface area contributed by atoms with Gasteiger partial charge in [-0.3, -0.25) is 4.79 Å². The second kappa shape index (κ2) is 7.62. The van der Waals surface area contributed by atoms with E-state index in [2.05, 4.69) is 20.8 Å². The van der Waals surface area contributed by atoms with Crippen molar-refractivity contribution < 1.29 is 19.1 Å². The first-order valence-corrected chi connectivity index (χ1v) is 9.28. The third-order valence-electron chi connectivity index (χ3n) is 5.45. The standard InChI is InChI=1S/C21H26O5/c1-12(2)14-9-8-13(3)10-18(14)25-11-16(22)19-20(23)15-6-4-5-7-17(15)26-21(19)24/h4-7,12-14,18,23H,8-11H2,1-3H3/t13-,14+,18?/m0/s1. The van der Waals surface area contributed by atoms with Gasteiger partial charge in [-0.15, -0.1) is 0 Å². The molecular weight excluding hydrogens is 332 g/mol. The lowest BCUT2D eigenvalue weighted by Gasteiger charge is -2.37. The number of rotatable bonds is 5. The first-order chi connectivity index (χ1) is 12.4. The Labute approximate surface area is 153 Å². The molecule has 1 aromatic carbocycles. The molecular formula is C21H26O5. The fourth-order valence-electron chi connectivity index (χ4n) is 3.94. The number of carbonyl (C=O) groups excluding carboxylic acids is 1. The Bertz CT molecular complexity index is 851. The average molecular weight is 358 g/mol. The summed E-state index contributed by atoms with van der Waals surface area (Å²) in [5, 5.41) is 10.7. The highest BCUT2D eigenvalue weighted by atomic mass is 16.5. The summed E-state index contributed by atoms with van der Waals surface area (Å²) in [4.78, 5) is 24.8. The Hall–Kier alpha value is -2.14. The number of carbonyl (C=O) groups is 1. The van der Waals surface area contributed by atoms with Gasteiger partial charge in [0.15, 0.2) is 5.78 Å². The van der Waals surface area contributed by atoms with Crippen LogP contribution in [0, 0.1) is 17.8 Å². The van der Waals surface area contributed by atoms with E-state index in [1.54, 1.807) is 24.3 Å². The molecule has 1 fully saturated rings. The summed E-state index contributed by atoms with van der Waals surface area (Å²) >= 11 is 0. The van der Waals surface area contributed by atoms with Crippen molar-refractivity contribution in [2.24, 2.45) is 17.8 Å². The van der Waals surface area contributed by atoms with Crippen LogP contribution in [0.1, 0.15) is 50.4 Å². The molecule has 140 valence electrons. The zero-order valence-electron chi connectivity index (χ0n) is 15.5. The molecule has 0 amide bonds. The van der Waals surface area contributed by atoms with E-state index in [1.807, 2.05) is 0 Å². The summed E-state index contributed by atoms with van der Waals surface area (Å²) in [5.41, 5.74) is -0.894. The summed E-state index contributed by atoms with van der Waals surface area (Å²) in [6, 6.07) is 6.61. The Morgan fingerprint density at radius 1 is 1.31 bits per heavy atom. The van der Waals surface area contributed by atoms with E-state index in [4.69, 9.17) is 9.15 Å². The summed E-state index contributed by atoms with van der Waals surface area (Å²) < 4.78 is 11.1. The highest BCUT2D eigenvalue weighted by Gasteiger charge is 2.32. The molecule has 1 heterocycles. The van der Waals surface area contributed by atoms with E-state index >= 15 is 0 Å². The van der Waals surface area contributed by atoms with Crippen molar-refractivity contribution in [1.29, 1.82) is 0 Å². The molecule has 0 bridgehead atoms. The van der Waals surface area contributed by atoms with Crippen molar-refractivity contribution in [1.82, 2.24) is 0 Å². The van der Waals surface area contributed by atoms with E-state index in [0.29, 0.717) is 23.1 Å². The first kappa shape index (κ1) is 18.6. The van der Waals surface area contributed by atoms with Crippen LogP contribution in [0.3, 0.4) is 0 Å². The maximum atomic E-state index is 12.6. The Kier molecular flexibility index (Phi) is 5.47. The van der Waals surface area contributed by atoms with Crippen LogP contribution in [-0.2, 0) is 4.74 Å². The molecule has 1 aromatic heterocycles. The summed E-state index contributed by atoms with van der Waals surface area (Å²) in [7, 11) is 0. The molecule has 26 heavy (non-hydrogen) atoms. The van der Waals surface area contributed by atoms with Crippen LogP contribution in [0.5, 0.6) is 5.75 Å². The second-order valence-electron chi connectivity index (χ2n) is 7.71. The van der Waals surface area contributed by atoms with E-state index in [0.717, 1.165) is 12.8 Å². The van der Waals surface area contributed by atoms with Crippen molar-refractivity contribution in [2.75, 3.05) is 6.61 Å². The third-order valence-corrected chi connectivity index (χ3v) is 5.45. The maximum absolute atomic E-state index is 12.6. The molecule has 1 saturated carbocycles. The normalized spacial score (nSPS) is 23.5. The van der Waals surface area contributed by atoms with Crippen LogP contribution in [0.15, 0.2) is 33.5 Å². The zero-order valence-corrected chi connectivity index (χ0v) is 15.5. The average Bonchev–Trinajstić information content (AvgIpc) is 2.59. The Morgan fingerprint density at radius 3 is 2.77 bits per heavy atom. The number of ether oxygens (including phenoxy) is 1. The van der Waals surface area contributed by atoms with Crippen LogP contribution < -0.4 is 5.63 Å². The van der Waals surface area contributed by atoms with E-state index in [9.17, 15) is 14.7 Å². The lowest BCUT2D eigenvalue weighted by molar-refractivity contribution is -0.0310. The maximum Gasteiger partial charge on any atom is 0.351 e. The smallest absolute Gasteiger partial charge is 0.351 e. The van der Waals surface area contributed by atoms with Crippen molar-refractivity contribution in [3.63, 3.8) is 0 Å². The fourth-order valence-corrected chi connectivity index (χ4v) is 3.94. The van der Waals surface area contributed by atoms with Gasteiger partial charge in [-0.05, 0) is 42.7 Å². The molecule has 0 aliphatic heterocycles. The molecule has 5 nitrogen and oxygen atoms in total. The molecule has 3 rings (SSSR count). The van der Waals surface area contributed by atoms with Crippen molar-refractivity contribution in [2.45, 2.75) is 46.1 Å². The minimum atomic E-state index is -0.827. The number of para-hydroxylation sites is 1. The molecule has 1 aliphatic rings. The van der Waals surface area contributed by atoms with Gasteiger partial charge in [0, 0.05) is 0 Å². The van der Waals surface area contributed by atoms with Crippen molar-refractivity contribution >= 4 is 16.8 Å². The van der Waals surface area contributed by atoms with Gasteiger partial charge in [-0.1, -0.05) is 39.3 Å². The van der Waals surface area contributed by atoms with Crippen LogP contribution in [0.25, 0.3) is 11.0 Å².